The van der Waals surface area contributed by atoms with Gasteiger partial charge in [-0.25, -0.2) is 4.39 Å². The van der Waals surface area contributed by atoms with Gasteiger partial charge in [-0.1, -0.05) is 24.0 Å². The zero-order valence-corrected chi connectivity index (χ0v) is 7.09. The van der Waals surface area contributed by atoms with Crippen molar-refractivity contribution < 1.29 is 9.18 Å². The third-order valence-electron chi connectivity index (χ3n) is 1.48. The van der Waals surface area contributed by atoms with Crippen molar-refractivity contribution in [1.82, 2.24) is 0 Å². The van der Waals surface area contributed by atoms with Gasteiger partial charge in [0.25, 0.3) is 0 Å². The van der Waals surface area contributed by atoms with E-state index >= 15 is 0 Å². The summed E-state index contributed by atoms with van der Waals surface area (Å²) in [5.41, 5.74) is 0.383. The molecule has 1 aromatic rings. The van der Waals surface area contributed by atoms with E-state index in [4.69, 9.17) is 0 Å². The second-order valence-electron chi connectivity index (χ2n) is 2.49. The first kappa shape index (κ1) is 9.47. The number of hydrogen-bond donors (Lipinski definition) is 0. The molecule has 0 amide bonds. The van der Waals surface area contributed by atoms with Crippen molar-refractivity contribution in [1.29, 1.82) is 0 Å². The second-order valence-corrected chi connectivity index (χ2v) is 2.49. The van der Waals surface area contributed by atoms with Crippen LogP contribution in [-0.4, -0.2) is 6.29 Å². The van der Waals surface area contributed by atoms with Crippen molar-refractivity contribution in [3.05, 3.63) is 35.6 Å². The predicted octanol–water partition coefficient (Wildman–Crippen LogP) is 2.16. The largest absolute Gasteiger partial charge is 0.303 e. The molecule has 0 N–H and O–H groups in total. The Morgan fingerprint density at radius 2 is 2.15 bits per heavy atom. The van der Waals surface area contributed by atoms with Crippen LogP contribution in [-0.2, 0) is 4.79 Å². The summed E-state index contributed by atoms with van der Waals surface area (Å²) in [6.45, 7) is 0. The topological polar surface area (TPSA) is 17.1 Å². The molecule has 0 aliphatic carbocycles. The first-order chi connectivity index (χ1) is 6.34. The summed E-state index contributed by atoms with van der Waals surface area (Å²) < 4.78 is 12.9. The number of unbranched alkanes of at least 4 members (excludes halogenated alkanes) is 1. The summed E-state index contributed by atoms with van der Waals surface area (Å²) in [6, 6.07) is 6.33. The lowest BCUT2D eigenvalue weighted by atomic mass is 10.2. The molecular weight excluding hydrogens is 167 g/mol. The second kappa shape index (κ2) is 5.10. The smallest absolute Gasteiger partial charge is 0.138 e. The Labute approximate surface area is 76.6 Å². The maximum Gasteiger partial charge on any atom is 0.138 e. The van der Waals surface area contributed by atoms with E-state index in [1.807, 2.05) is 0 Å². The lowest BCUT2D eigenvalue weighted by Gasteiger charge is -1.90. The SMILES string of the molecule is O=CCCC#Cc1ccccc1F. The highest BCUT2D eigenvalue weighted by Gasteiger charge is 1.93. The Bertz CT molecular complexity index is 347. The Morgan fingerprint density at radius 3 is 2.85 bits per heavy atom. The molecule has 0 fully saturated rings. The molecule has 0 aliphatic heterocycles. The molecule has 0 heterocycles. The zero-order chi connectivity index (χ0) is 9.52. The monoisotopic (exact) mass is 176 g/mol. The van der Waals surface area contributed by atoms with E-state index < -0.39 is 0 Å². The minimum absolute atomic E-state index is 0.318. The highest BCUT2D eigenvalue weighted by molar-refractivity contribution is 5.50. The van der Waals surface area contributed by atoms with Gasteiger partial charge in [0.1, 0.15) is 12.1 Å². The molecule has 0 spiro atoms. The van der Waals surface area contributed by atoms with Gasteiger partial charge >= 0.3 is 0 Å². The van der Waals surface area contributed by atoms with Gasteiger partial charge in [-0.2, -0.15) is 0 Å². The Kier molecular flexibility index (Phi) is 3.72. The molecule has 1 aromatic carbocycles. The van der Waals surface area contributed by atoms with Crippen LogP contribution in [0.25, 0.3) is 0 Å². The zero-order valence-electron chi connectivity index (χ0n) is 7.09. The van der Waals surface area contributed by atoms with Gasteiger partial charge in [0.05, 0.1) is 5.56 Å². The van der Waals surface area contributed by atoms with Gasteiger partial charge in [-0.3, -0.25) is 0 Å². The van der Waals surface area contributed by atoms with Gasteiger partial charge < -0.3 is 4.79 Å². The summed E-state index contributed by atoms with van der Waals surface area (Å²) in [4.78, 5) is 9.94. The number of hydrogen-bond acceptors (Lipinski definition) is 1. The van der Waals surface area contributed by atoms with E-state index in [9.17, 15) is 9.18 Å². The fourth-order valence-electron chi connectivity index (χ4n) is 0.851. The van der Waals surface area contributed by atoms with Crippen LogP contribution in [0.5, 0.6) is 0 Å². The van der Waals surface area contributed by atoms with Crippen LogP contribution in [0.2, 0.25) is 0 Å². The first-order valence-electron chi connectivity index (χ1n) is 4.01. The van der Waals surface area contributed by atoms with Gasteiger partial charge in [-0.15, -0.1) is 0 Å². The molecule has 0 aliphatic rings. The predicted molar refractivity (Wildman–Crippen MR) is 48.6 cm³/mol. The summed E-state index contributed by atoms with van der Waals surface area (Å²) in [6.07, 6.45) is 1.69. The van der Waals surface area contributed by atoms with Crippen molar-refractivity contribution in [3.63, 3.8) is 0 Å². The van der Waals surface area contributed by atoms with Crippen LogP contribution in [0.15, 0.2) is 24.3 Å². The van der Waals surface area contributed by atoms with E-state index in [0.717, 1.165) is 6.29 Å². The highest BCUT2D eigenvalue weighted by atomic mass is 19.1. The maximum absolute atomic E-state index is 12.9. The number of halogens is 1. The quantitative estimate of drug-likeness (QED) is 0.383. The molecule has 13 heavy (non-hydrogen) atoms. The number of rotatable bonds is 2. The molecule has 0 unspecified atom stereocenters. The average molecular weight is 176 g/mol. The molecule has 0 saturated heterocycles. The van der Waals surface area contributed by atoms with Crippen molar-refractivity contribution in [2.24, 2.45) is 0 Å². The number of carbonyl (C=O) groups is 1. The fraction of sp³-hybridized carbons (Fsp3) is 0.182. The molecule has 0 aromatic heterocycles. The van der Waals surface area contributed by atoms with Crippen molar-refractivity contribution in [2.75, 3.05) is 0 Å². The van der Waals surface area contributed by atoms with Gasteiger partial charge in [0.15, 0.2) is 0 Å². The minimum atomic E-state index is -0.318. The van der Waals surface area contributed by atoms with E-state index in [-0.39, 0.29) is 5.82 Å². The van der Waals surface area contributed by atoms with E-state index in [2.05, 4.69) is 11.8 Å². The van der Waals surface area contributed by atoms with Gasteiger partial charge in [0.2, 0.25) is 0 Å². The summed E-state index contributed by atoms with van der Waals surface area (Å²) >= 11 is 0. The van der Waals surface area contributed by atoms with Crippen molar-refractivity contribution in [2.45, 2.75) is 12.8 Å². The van der Waals surface area contributed by atoms with E-state index in [1.165, 1.54) is 6.07 Å². The van der Waals surface area contributed by atoms with Gasteiger partial charge in [-0.05, 0) is 12.1 Å². The molecule has 0 radical (unpaired) electrons. The molecule has 0 bridgehead atoms. The Balaban J connectivity index is 2.66. The molecule has 0 atom stereocenters. The van der Waals surface area contributed by atoms with Crippen LogP contribution in [0.1, 0.15) is 18.4 Å². The minimum Gasteiger partial charge on any atom is -0.303 e. The van der Waals surface area contributed by atoms with E-state index in [0.29, 0.717) is 18.4 Å². The van der Waals surface area contributed by atoms with Crippen molar-refractivity contribution in [3.8, 4) is 11.8 Å². The molecular formula is C11H9FO. The lowest BCUT2D eigenvalue weighted by molar-refractivity contribution is -0.107. The Morgan fingerprint density at radius 1 is 1.38 bits per heavy atom. The van der Waals surface area contributed by atoms with Crippen LogP contribution >= 0.6 is 0 Å². The molecule has 0 saturated carbocycles. The summed E-state index contributed by atoms with van der Waals surface area (Å²) in [5, 5.41) is 0. The molecule has 1 rings (SSSR count). The average Bonchev–Trinajstić information content (AvgIpc) is 2.15. The fourth-order valence-corrected chi connectivity index (χ4v) is 0.851. The van der Waals surface area contributed by atoms with E-state index in [1.54, 1.807) is 18.2 Å². The first-order valence-corrected chi connectivity index (χ1v) is 4.01. The van der Waals surface area contributed by atoms with Crippen molar-refractivity contribution >= 4 is 6.29 Å². The van der Waals surface area contributed by atoms with Crippen LogP contribution < -0.4 is 0 Å². The maximum atomic E-state index is 12.9. The standard InChI is InChI=1S/C11H9FO/c12-11-8-4-3-7-10(11)6-2-1-5-9-13/h3-4,7-9H,1,5H2. The number of carbonyl (C=O) groups excluding carboxylic acids is 1. The lowest BCUT2D eigenvalue weighted by Crippen LogP contribution is -1.81. The van der Waals surface area contributed by atoms with Crippen LogP contribution in [0.4, 0.5) is 4.39 Å². The molecule has 1 nitrogen and oxygen atoms in total. The molecule has 2 heteroatoms. The number of aldehydes is 1. The van der Waals surface area contributed by atoms with Crippen LogP contribution in [0.3, 0.4) is 0 Å². The third kappa shape index (κ3) is 3.08. The number of benzene rings is 1. The Hall–Kier alpha value is -1.62. The highest BCUT2D eigenvalue weighted by Crippen LogP contribution is 2.03. The van der Waals surface area contributed by atoms with Gasteiger partial charge in [0, 0.05) is 12.8 Å². The summed E-state index contributed by atoms with van der Waals surface area (Å²) in [7, 11) is 0. The molecule has 66 valence electrons. The third-order valence-corrected chi connectivity index (χ3v) is 1.48. The van der Waals surface area contributed by atoms with Crippen LogP contribution in [0, 0.1) is 17.7 Å². The normalized spacial score (nSPS) is 8.69. The summed E-state index contributed by atoms with van der Waals surface area (Å²) in [5.74, 6) is 5.07.